The van der Waals surface area contributed by atoms with Crippen molar-refractivity contribution in [1.82, 2.24) is 15.1 Å². The van der Waals surface area contributed by atoms with E-state index >= 15 is 0 Å². The summed E-state index contributed by atoms with van der Waals surface area (Å²) >= 11 is 0. The maximum Gasteiger partial charge on any atom is 0.433 e. The third-order valence-corrected chi connectivity index (χ3v) is 2.09. The lowest BCUT2D eigenvalue weighted by atomic mass is 10.2. The van der Waals surface area contributed by atoms with Gasteiger partial charge in [-0.05, 0) is 0 Å². The van der Waals surface area contributed by atoms with Gasteiger partial charge in [0.15, 0.2) is 0 Å². The van der Waals surface area contributed by atoms with Crippen molar-refractivity contribution in [2.24, 2.45) is 7.05 Å². The molecule has 0 aliphatic carbocycles. The Bertz CT molecular complexity index is 345. The number of hydrogen-bond donors (Lipinski definition) is 1. The van der Waals surface area contributed by atoms with Gasteiger partial charge in [0.2, 0.25) is 0 Å². The molecule has 7 heteroatoms. The molecule has 0 spiro atoms. The highest BCUT2D eigenvalue weighted by atomic mass is 35.5. The van der Waals surface area contributed by atoms with Gasteiger partial charge in [-0.2, -0.15) is 18.3 Å². The van der Waals surface area contributed by atoms with Crippen molar-refractivity contribution in [3.63, 3.8) is 0 Å². The van der Waals surface area contributed by atoms with Crippen LogP contribution in [0.5, 0.6) is 0 Å². The summed E-state index contributed by atoms with van der Waals surface area (Å²) < 4.78 is 38.3. The Kier molecular flexibility index (Phi) is 2.78. The van der Waals surface area contributed by atoms with E-state index in [1.807, 2.05) is 0 Å². The van der Waals surface area contributed by atoms with Crippen LogP contribution in [0.3, 0.4) is 0 Å². The minimum absolute atomic E-state index is 0. The summed E-state index contributed by atoms with van der Waals surface area (Å²) in [5, 5.41) is 6.62. The van der Waals surface area contributed by atoms with Crippen LogP contribution < -0.4 is 5.32 Å². The van der Waals surface area contributed by atoms with Crippen LogP contribution in [0.2, 0.25) is 0 Å². The first-order chi connectivity index (χ1) is 6.00. The Labute approximate surface area is 84.7 Å². The van der Waals surface area contributed by atoms with Gasteiger partial charge in [-0.15, -0.1) is 12.4 Å². The molecule has 0 fully saturated rings. The largest absolute Gasteiger partial charge is 0.433 e. The molecule has 0 amide bonds. The average Bonchev–Trinajstić information content (AvgIpc) is 2.41. The Morgan fingerprint density at radius 2 is 2.00 bits per heavy atom. The monoisotopic (exact) mass is 227 g/mol. The van der Waals surface area contributed by atoms with Crippen LogP contribution in [0.1, 0.15) is 17.0 Å². The highest BCUT2D eigenvalue weighted by Crippen LogP contribution is 2.34. The minimum atomic E-state index is -4.30. The molecule has 3 nitrogen and oxygen atoms in total. The van der Waals surface area contributed by atoms with Gasteiger partial charge in [-0.3, -0.25) is 4.68 Å². The number of aromatic nitrogens is 2. The van der Waals surface area contributed by atoms with Crippen molar-refractivity contribution in [2.45, 2.75) is 19.3 Å². The average molecular weight is 228 g/mol. The van der Waals surface area contributed by atoms with E-state index in [9.17, 15) is 13.2 Å². The van der Waals surface area contributed by atoms with E-state index in [-0.39, 0.29) is 24.5 Å². The van der Waals surface area contributed by atoms with Crippen LogP contribution in [0.4, 0.5) is 13.2 Å². The summed E-state index contributed by atoms with van der Waals surface area (Å²) in [5.74, 6) is 0. The molecule has 0 unspecified atom stereocenters. The summed E-state index contributed by atoms with van der Waals surface area (Å²) in [5.41, 5.74) is 0.164. The zero-order chi connectivity index (χ0) is 9.64. The predicted molar refractivity (Wildman–Crippen MR) is 46.0 cm³/mol. The van der Waals surface area contributed by atoms with Crippen LogP contribution in [0, 0.1) is 0 Å². The molecular weight excluding hydrogens is 219 g/mol. The molecule has 1 N–H and O–H groups in total. The van der Waals surface area contributed by atoms with Crippen LogP contribution in [-0.2, 0) is 26.3 Å². The topological polar surface area (TPSA) is 29.9 Å². The molecule has 1 aliphatic rings. The molecule has 0 atom stereocenters. The third-order valence-electron chi connectivity index (χ3n) is 2.09. The molecule has 1 aromatic rings. The fourth-order valence-corrected chi connectivity index (χ4v) is 1.61. The molecule has 2 rings (SSSR count). The van der Waals surface area contributed by atoms with E-state index in [1.54, 1.807) is 0 Å². The second-order valence-electron chi connectivity index (χ2n) is 3.00. The molecule has 2 heterocycles. The summed E-state index contributed by atoms with van der Waals surface area (Å²) in [4.78, 5) is 0. The van der Waals surface area contributed by atoms with E-state index in [0.717, 1.165) is 4.68 Å². The number of nitrogens with one attached hydrogen (secondary N) is 1. The minimum Gasteiger partial charge on any atom is -0.307 e. The molecule has 0 saturated heterocycles. The Hall–Kier alpha value is -0.750. The number of hydrogen-bond acceptors (Lipinski definition) is 2. The van der Waals surface area contributed by atoms with Gasteiger partial charge in [-0.1, -0.05) is 0 Å². The lowest BCUT2D eigenvalue weighted by Gasteiger charge is -2.08. The molecule has 0 saturated carbocycles. The molecule has 0 radical (unpaired) electrons. The lowest BCUT2D eigenvalue weighted by Crippen LogP contribution is -2.16. The maximum absolute atomic E-state index is 12.4. The fourth-order valence-electron chi connectivity index (χ4n) is 1.61. The molecule has 80 valence electrons. The zero-order valence-corrected chi connectivity index (χ0v) is 8.17. The van der Waals surface area contributed by atoms with Crippen LogP contribution in [0.25, 0.3) is 0 Å². The molecule has 1 aliphatic heterocycles. The van der Waals surface area contributed by atoms with Gasteiger partial charge in [0, 0.05) is 25.7 Å². The Morgan fingerprint density at radius 1 is 1.36 bits per heavy atom. The molecular formula is C7H9ClF3N3. The first kappa shape index (κ1) is 11.3. The quantitative estimate of drug-likeness (QED) is 0.727. The van der Waals surface area contributed by atoms with Gasteiger partial charge in [-0.25, -0.2) is 0 Å². The molecule has 1 aromatic heterocycles. The summed E-state index contributed by atoms with van der Waals surface area (Å²) in [6.07, 6.45) is -4.30. The summed E-state index contributed by atoms with van der Waals surface area (Å²) in [7, 11) is 1.32. The van der Waals surface area contributed by atoms with Crippen LogP contribution in [0.15, 0.2) is 0 Å². The number of halogens is 4. The van der Waals surface area contributed by atoms with E-state index < -0.39 is 11.9 Å². The highest BCUT2D eigenvalue weighted by molar-refractivity contribution is 5.85. The van der Waals surface area contributed by atoms with Crippen LogP contribution >= 0.6 is 12.4 Å². The number of alkyl halides is 3. The smallest absolute Gasteiger partial charge is 0.307 e. The van der Waals surface area contributed by atoms with Crippen molar-refractivity contribution in [2.75, 3.05) is 0 Å². The summed E-state index contributed by atoms with van der Waals surface area (Å²) in [6, 6.07) is 0. The first-order valence-electron chi connectivity index (χ1n) is 3.83. The maximum atomic E-state index is 12.4. The van der Waals surface area contributed by atoms with Crippen molar-refractivity contribution in [3.05, 3.63) is 17.0 Å². The van der Waals surface area contributed by atoms with E-state index in [4.69, 9.17) is 0 Å². The van der Waals surface area contributed by atoms with E-state index in [0.29, 0.717) is 12.2 Å². The first-order valence-corrected chi connectivity index (χ1v) is 3.83. The SMILES string of the molecule is Cl.Cn1nc2c(c1C(F)(F)F)CNC2. The zero-order valence-electron chi connectivity index (χ0n) is 7.35. The molecule has 14 heavy (non-hydrogen) atoms. The molecule has 0 aromatic carbocycles. The third kappa shape index (κ3) is 1.59. The van der Waals surface area contributed by atoms with Gasteiger partial charge < -0.3 is 5.32 Å². The van der Waals surface area contributed by atoms with Gasteiger partial charge >= 0.3 is 6.18 Å². The van der Waals surface area contributed by atoms with E-state index in [1.165, 1.54) is 7.05 Å². The number of rotatable bonds is 0. The highest BCUT2D eigenvalue weighted by Gasteiger charge is 2.39. The predicted octanol–water partition coefficient (Wildman–Crippen LogP) is 1.46. The number of aryl methyl sites for hydroxylation is 1. The van der Waals surface area contributed by atoms with E-state index in [2.05, 4.69) is 10.4 Å². The number of nitrogens with zero attached hydrogens (tertiary/aromatic N) is 2. The second-order valence-corrected chi connectivity index (χ2v) is 3.00. The van der Waals surface area contributed by atoms with Crippen molar-refractivity contribution < 1.29 is 13.2 Å². The lowest BCUT2D eigenvalue weighted by molar-refractivity contribution is -0.144. The Morgan fingerprint density at radius 3 is 2.57 bits per heavy atom. The molecule has 0 bridgehead atoms. The van der Waals surface area contributed by atoms with Gasteiger partial charge in [0.1, 0.15) is 5.69 Å². The summed E-state index contributed by atoms with van der Waals surface area (Å²) in [6.45, 7) is 0.692. The Balaban J connectivity index is 0.000000980. The number of fused-ring (bicyclic) bond motifs is 1. The van der Waals surface area contributed by atoms with Crippen molar-refractivity contribution >= 4 is 12.4 Å². The van der Waals surface area contributed by atoms with Crippen molar-refractivity contribution in [3.8, 4) is 0 Å². The van der Waals surface area contributed by atoms with Gasteiger partial charge in [0.05, 0.1) is 5.69 Å². The fraction of sp³-hybridized carbons (Fsp3) is 0.571. The normalized spacial score (nSPS) is 15.1. The van der Waals surface area contributed by atoms with Crippen molar-refractivity contribution in [1.29, 1.82) is 0 Å². The second kappa shape index (κ2) is 3.43. The van der Waals surface area contributed by atoms with Gasteiger partial charge in [0.25, 0.3) is 0 Å². The standard InChI is InChI=1S/C7H8F3N3.ClH/c1-13-6(7(8,9)10)4-2-11-3-5(4)12-13;/h11H,2-3H2,1H3;1H. The van der Waals surface area contributed by atoms with Crippen LogP contribution in [-0.4, -0.2) is 9.78 Å².